The summed E-state index contributed by atoms with van der Waals surface area (Å²) >= 11 is 0. The third-order valence-corrected chi connectivity index (χ3v) is 4.74. The van der Waals surface area contributed by atoms with Crippen LogP contribution in [0.1, 0.15) is 17.2 Å². The number of aliphatic hydroxyl groups is 1. The van der Waals surface area contributed by atoms with Crippen molar-refractivity contribution in [3.8, 4) is 5.75 Å². The fraction of sp³-hybridized carbons (Fsp3) is 0.200. The Labute approximate surface area is 114 Å². The Bertz CT molecular complexity index is 622. The van der Waals surface area contributed by atoms with Gasteiger partial charge in [-0.15, -0.1) is 0 Å². The molecule has 2 aromatic carbocycles. The summed E-state index contributed by atoms with van der Waals surface area (Å²) in [6.07, 6.45) is -0.895. The van der Waals surface area contributed by atoms with Gasteiger partial charge >= 0.3 is 0 Å². The SMILES string of the molecule is Cc1ccc([C@H](O)[C@@H]2Oc3ccccc3S2=O)cc1. The van der Waals surface area contributed by atoms with Gasteiger partial charge in [-0.3, -0.25) is 4.21 Å². The summed E-state index contributed by atoms with van der Waals surface area (Å²) < 4.78 is 17.9. The average molecular weight is 274 g/mol. The van der Waals surface area contributed by atoms with Gasteiger partial charge in [0.25, 0.3) is 0 Å². The van der Waals surface area contributed by atoms with E-state index in [1.807, 2.05) is 43.3 Å². The number of aryl methyl sites for hydroxylation is 1. The Morgan fingerprint density at radius 1 is 1.16 bits per heavy atom. The quantitative estimate of drug-likeness (QED) is 0.915. The summed E-state index contributed by atoms with van der Waals surface area (Å²) in [7, 11) is -1.34. The molecule has 3 rings (SSSR count). The Hall–Kier alpha value is -1.65. The van der Waals surface area contributed by atoms with Gasteiger partial charge in [0, 0.05) is 0 Å². The van der Waals surface area contributed by atoms with Crippen LogP contribution < -0.4 is 4.74 Å². The standard InChI is InChI=1S/C15H14O3S/c1-10-6-8-11(9-7-10)14(16)15-18-12-4-2-3-5-13(12)19(15)17/h2-9,14-16H,1H3/t14-,15+,19?/m0/s1. The maximum atomic E-state index is 12.3. The van der Waals surface area contributed by atoms with Crippen molar-refractivity contribution in [3.63, 3.8) is 0 Å². The zero-order chi connectivity index (χ0) is 13.4. The Kier molecular flexibility index (Phi) is 3.12. The lowest BCUT2D eigenvalue weighted by Crippen LogP contribution is -2.25. The van der Waals surface area contributed by atoms with Gasteiger partial charge in [0.15, 0.2) is 0 Å². The highest BCUT2D eigenvalue weighted by atomic mass is 32.2. The van der Waals surface area contributed by atoms with Gasteiger partial charge in [-0.05, 0) is 24.6 Å². The van der Waals surface area contributed by atoms with E-state index in [-0.39, 0.29) is 0 Å². The molecule has 0 fully saturated rings. The molecule has 0 amide bonds. The minimum absolute atomic E-state index is 0.594. The predicted molar refractivity (Wildman–Crippen MR) is 73.4 cm³/mol. The molecule has 19 heavy (non-hydrogen) atoms. The van der Waals surface area contributed by atoms with Crippen LogP contribution >= 0.6 is 0 Å². The third-order valence-electron chi connectivity index (χ3n) is 3.20. The van der Waals surface area contributed by atoms with Crippen molar-refractivity contribution in [2.75, 3.05) is 0 Å². The lowest BCUT2D eigenvalue weighted by molar-refractivity contribution is 0.0885. The van der Waals surface area contributed by atoms with Crippen LogP contribution in [0.5, 0.6) is 5.75 Å². The number of para-hydroxylation sites is 1. The van der Waals surface area contributed by atoms with Gasteiger partial charge in [0.1, 0.15) is 22.7 Å². The molecule has 1 heterocycles. The molecular formula is C15H14O3S. The molecule has 3 atom stereocenters. The Morgan fingerprint density at radius 2 is 1.84 bits per heavy atom. The molecule has 1 N–H and O–H groups in total. The lowest BCUT2D eigenvalue weighted by Gasteiger charge is -2.17. The molecule has 0 aromatic heterocycles. The summed E-state index contributed by atoms with van der Waals surface area (Å²) in [5, 5.41) is 10.3. The van der Waals surface area contributed by atoms with E-state index >= 15 is 0 Å². The first kappa shape index (κ1) is 12.4. The van der Waals surface area contributed by atoms with Crippen molar-refractivity contribution in [1.29, 1.82) is 0 Å². The minimum atomic E-state index is -1.34. The zero-order valence-electron chi connectivity index (χ0n) is 10.4. The van der Waals surface area contributed by atoms with E-state index in [9.17, 15) is 9.32 Å². The van der Waals surface area contributed by atoms with Gasteiger partial charge in [0.05, 0.1) is 4.90 Å². The molecule has 0 spiro atoms. The first-order chi connectivity index (χ1) is 9.16. The van der Waals surface area contributed by atoms with E-state index < -0.39 is 22.3 Å². The molecule has 0 saturated heterocycles. The van der Waals surface area contributed by atoms with E-state index in [0.717, 1.165) is 11.1 Å². The number of fused-ring (bicyclic) bond motifs is 1. The molecule has 0 saturated carbocycles. The molecule has 0 bridgehead atoms. The Morgan fingerprint density at radius 3 is 2.53 bits per heavy atom. The second kappa shape index (κ2) is 4.79. The number of rotatable bonds is 2. The average Bonchev–Trinajstić information content (AvgIpc) is 2.77. The molecular weight excluding hydrogens is 260 g/mol. The van der Waals surface area contributed by atoms with Crippen molar-refractivity contribution in [2.45, 2.75) is 23.4 Å². The van der Waals surface area contributed by atoms with Gasteiger partial charge < -0.3 is 9.84 Å². The van der Waals surface area contributed by atoms with E-state index in [0.29, 0.717) is 10.6 Å². The minimum Gasteiger partial charge on any atom is -0.472 e. The maximum Gasteiger partial charge on any atom is 0.207 e. The summed E-state index contributed by atoms with van der Waals surface area (Å²) in [5.41, 5.74) is 1.10. The largest absolute Gasteiger partial charge is 0.472 e. The molecule has 3 nitrogen and oxygen atoms in total. The van der Waals surface area contributed by atoms with Gasteiger partial charge in [-0.1, -0.05) is 42.0 Å². The monoisotopic (exact) mass is 274 g/mol. The fourth-order valence-corrected chi connectivity index (χ4v) is 3.47. The Balaban J connectivity index is 1.89. The van der Waals surface area contributed by atoms with Crippen molar-refractivity contribution >= 4 is 10.8 Å². The maximum absolute atomic E-state index is 12.3. The summed E-state index contributed by atoms with van der Waals surface area (Å²) in [6.45, 7) is 1.98. The summed E-state index contributed by atoms with van der Waals surface area (Å²) in [4.78, 5) is 0.652. The van der Waals surface area contributed by atoms with Gasteiger partial charge in [0.2, 0.25) is 5.44 Å². The van der Waals surface area contributed by atoms with Crippen molar-refractivity contribution in [3.05, 3.63) is 59.7 Å². The summed E-state index contributed by atoms with van der Waals surface area (Å²) in [5.74, 6) is 0.594. The highest BCUT2D eigenvalue weighted by molar-refractivity contribution is 7.86. The van der Waals surface area contributed by atoms with Crippen LogP contribution in [-0.2, 0) is 10.8 Å². The van der Waals surface area contributed by atoms with E-state index in [1.54, 1.807) is 12.1 Å². The van der Waals surface area contributed by atoms with Crippen LogP contribution in [0.4, 0.5) is 0 Å². The van der Waals surface area contributed by atoms with Gasteiger partial charge in [-0.2, -0.15) is 0 Å². The van der Waals surface area contributed by atoms with Crippen molar-refractivity contribution in [1.82, 2.24) is 0 Å². The topological polar surface area (TPSA) is 46.5 Å². The van der Waals surface area contributed by atoms with Crippen LogP contribution in [-0.4, -0.2) is 14.8 Å². The molecule has 2 aromatic rings. The first-order valence-corrected chi connectivity index (χ1v) is 7.29. The van der Waals surface area contributed by atoms with Crippen molar-refractivity contribution < 1.29 is 14.1 Å². The molecule has 0 radical (unpaired) electrons. The lowest BCUT2D eigenvalue weighted by atomic mass is 10.1. The predicted octanol–water partition coefficient (Wildman–Crippen LogP) is 2.55. The highest BCUT2D eigenvalue weighted by Crippen LogP contribution is 2.37. The van der Waals surface area contributed by atoms with Crippen LogP contribution in [0.25, 0.3) is 0 Å². The van der Waals surface area contributed by atoms with Crippen LogP contribution in [0.15, 0.2) is 53.4 Å². The highest BCUT2D eigenvalue weighted by Gasteiger charge is 2.36. The number of hydrogen-bond acceptors (Lipinski definition) is 3. The first-order valence-electron chi connectivity index (χ1n) is 6.08. The normalized spacial score (nSPS) is 22.6. The van der Waals surface area contributed by atoms with Crippen LogP contribution in [0.2, 0.25) is 0 Å². The van der Waals surface area contributed by atoms with Crippen molar-refractivity contribution in [2.24, 2.45) is 0 Å². The molecule has 98 valence electrons. The summed E-state index contributed by atoms with van der Waals surface area (Å²) in [6, 6.07) is 14.7. The van der Waals surface area contributed by atoms with E-state index in [4.69, 9.17) is 4.74 Å². The second-order valence-electron chi connectivity index (χ2n) is 4.59. The number of aliphatic hydroxyl groups excluding tert-OH is 1. The molecule has 1 aliphatic rings. The van der Waals surface area contributed by atoms with Crippen LogP contribution in [0.3, 0.4) is 0 Å². The van der Waals surface area contributed by atoms with Gasteiger partial charge in [-0.25, -0.2) is 0 Å². The molecule has 1 aliphatic heterocycles. The number of ether oxygens (including phenoxy) is 1. The number of hydrogen-bond donors (Lipinski definition) is 1. The fourth-order valence-electron chi connectivity index (χ4n) is 2.11. The molecule has 4 heteroatoms. The second-order valence-corrected chi connectivity index (χ2v) is 6.09. The molecule has 1 unspecified atom stereocenters. The smallest absolute Gasteiger partial charge is 0.207 e. The van der Waals surface area contributed by atoms with E-state index in [1.165, 1.54) is 0 Å². The number of benzene rings is 2. The molecule has 0 aliphatic carbocycles. The third kappa shape index (κ3) is 2.17. The van der Waals surface area contributed by atoms with E-state index in [2.05, 4.69) is 0 Å². The van der Waals surface area contributed by atoms with Crippen LogP contribution in [0, 0.1) is 6.92 Å². The zero-order valence-corrected chi connectivity index (χ0v) is 11.3.